The largest absolute Gasteiger partial charge is 0.455 e. The zero-order valence-corrected chi connectivity index (χ0v) is 11.2. The van der Waals surface area contributed by atoms with Crippen molar-refractivity contribution >= 4 is 5.91 Å². The molecule has 2 atom stereocenters. The number of hydrogen-bond donors (Lipinski definition) is 1. The Morgan fingerprint density at radius 1 is 1.44 bits per heavy atom. The Kier molecular flexibility index (Phi) is 4.07. The van der Waals surface area contributed by atoms with Gasteiger partial charge < -0.3 is 15.1 Å². The summed E-state index contributed by atoms with van der Waals surface area (Å²) in [5.41, 5.74) is 5.49. The van der Waals surface area contributed by atoms with Crippen LogP contribution < -0.4 is 5.73 Å². The Morgan fingerprint density at radius 3 is 2.78 bits per heavy atom. The lowest BCUT2D eigenvalue weighted by molar-refractivity contribution is 0.0595. The molecule has 1 aromatic heterocycles. The van der Waals surface area contributed by atoms with Crippen molar-refractivity contribution < 1.29 is 9.21 Å². The molecule has 2 N–H and O–H groups in total. The van der Waals surface area contributed by atoms with Gasteiger partial charge in [-0.15, -0.1) is 0 Å². The minimum Gasteiger partial charge on any atom is -0.455 e. The van der Waals surface area contributed by atoms with Crippen LogP contribution in [0, 0.1) is 5.92 Å². The number of furan rings is 1. The fourth-order valence-corrected chi connectivity index (χ4v) is 2.80. The summed E-state index contributed by atoms with van der Waals surface area (Å²) in [5.74, 6) is 1.59. The quantitative estimate of drug-likeness (QED) is 0.896. The van der Waals surface area contributed by atoms with Gasteiger partial charge in [0.25, 0.3) is 5.91 Å². The smallest absolute Gasteiger partial charge is 0.289 e. The fourth-order valence-electron chi connectivity index (χ4n) is 2.80. The molecule has 0 bridgehead atoms. The monoisotopic (exact) mass is 250 g/mol. The number of nitrogens with zero attached hydrogens (tertiary/aromatic N) is 1. The molecule has 4 heteroatoms. The lowest BCUT2D eigenvalue weighted by Crippen LogP contribution is -2.42. The van der Waals surface area contributed by atoms with Crippen molar-refractivity contribution in [3.8, 4) is 0 Å². The van der Waals surface area contributed by atoms with Gasteiger partial charge >= 0.3 is 0 Å². The van der Waals surface area contributed by atoms with Gasteiger partial charge in [-0.25, -0.2) is 0 Å². The Bertz CT molecular complexity index is 414. The highest BCUT2D eigenvalue weighted by atomic mass is 16.4. The number of nitrogens with two attached hydrogens (primary N) is 1. The van der Waals surface area contributed by atoms with E-state index in [-0.39, 0.29) is 5.91 Å². The predicted molar refractivity (Wildman–Crippen MR) is 70.1 cm³/mol. The highest BCUT2D eigenvalue weighted by Crippen LogP contribution is 2.28. The minimum absolute atomic E-state index is 0.0338. The third kappa shape index (κ3) is 2.58. The maximum absolute atomic E-state index is 12.3. The van der Waals surface area contributed by atoms with E-state index < -0.39 is 0 Å². The van der Waals surface area contributed by atoms with Gasteiger partial charge in [-0.1, -0.05) is 19.8 Å². The fraction of sp³-hybridized carbons (Fsp3) is 0.643. The molecule has 1 aliphatic rings. The number of carbonyl (C=O) groups excluding carboxylic acids is 1. The highest BCUT2D eigenvalue weighted by molar-refractivity contribution is 5.91. The number of amides is 1. The van der Waals surface area contributed by atoms with Gasteiger partial charge in [-0.2, -0.15) is 0 Å². The molecule has 0 aliphatic heterocycles. The second-order valence-corrected chi connectivity index (χ2v) is 5.22. The molecule has 1 heterocycles. The molecule has 2 rings (SSSR count). The van der Waals surface area contributed by atoms with E-state index in [9.17, 15) is 4.79 Å². The van der Waals surface area contributed by atoms with Gasteiger partial charge in [-0.3, -0.25) is 4.79 Å². The summed E-state index contributed by atoms with van der Waals surface area (Å²) in [6, 6.07) is 3.82. The average molecular weight is 250 g/mol. The van der Waals surface area contributed by atoms with E-state index in [1.807, 2.05) is 11.9 Å². The first-order valence-electron chi connectivity index (χ1n) is 6.69. The molecule has 1 fully saturated rings. The van der Waals surface area contributed by atoms with Crippen molar-refractivity contribution in [3.63, 3.8) is 0 Å². The summed E-state index contributed by atoms with van der Waals surface area (Å²) in [6.07, 6.45) is 4.78. The van der Waals surface area contributed by atoms with Crippen molar-refractivity contribution in [3.05, 3.63) is 23.7 Å². The summed E-state index contributed by atoms with van der Waals surface area (Å²) in [5, 5.41) is 0. The van der Waals surface area contributed by atoms with Crippen LogP contribution in [0.2, 0.25) is 0 Å². The third-order valence-electron chi connectivity index (χ3n) is 3.96. The molecule has 100 valence electrons. The Labute approximate surface area is 108 Å². The van der Waals surface area contributed by atoms with Gasteiger partial charge in [0.15, 0.2) is 5.76 Å². The summed E-state index contributed by atoms with van der Waals surface area (Å²) < 4.78 is 5.43. The summed E-state index contributed by atoms with van der Waals surface area (Å²) in [6.45, 7) is 2.55. The van der Waals surface area contributed by atoms with E-state index in [0.717, 1.165) is 6.42 Å². The molecular formula is C14H22N2O2. The molecule has 4 nitrogen and oxygen atoms in total. The molecule has 0 aromatic carbocycles. The van der Waals surface area contributed by atoms with Gasteiger partial charge in [-0.05, 0) is 30.9 Å². The van der Waals surface area contributed by atoms with E-state index in [1.54, 1.807) is 12.1 Å². The second-order valence-electron chi connectivity index (χ2n) is 5.22. The van der Waals surface area contributed by atoms with Gasteiger partial charge in [0.2, 0.25) is 0 Å². The summed E-state index contributed by atoms with van der Waals surface area (Å²) >= 11 is 0. The zero-order chi connectivity index (χ0) is 13.1. The molecule has 2 unspecified atom stereocenters. The second kappa shape index (κ2) is 5.57. The maximum atomic E-state index is 12.3. The standard InChI is InChI=1S/C14H22N2O2/c1-10-5-3-4-6-12(10)16(2)14(17)13-8-7-11(9-15)18-13/h7-8,10,12H,3-6,9,15H2,1-2H3. The Morgan fingerprint density at radius 2 is 2.17 bits per heavy atom. The third-order valence-corrected chi connectivity index (χ3v) is 3.96. The summed E-state index contributed by atoms with van der Waals surface area (Å²) in [7, 11) is 1.87. The molecule has 1 amide bonds. The van der Waals surface area contributed by atoms with E-state index in [1.165, 1.54) is 19.3 Å². The van der Waals surface area contributed by atoms with Crippen LogP contribution in [0.25, 0.3) is 0 Å². The first kappa shape index (κ1) is 13.1. The lowest BCUT2D eigenvalue weighted by atomic mass is 9.85. The Balaban J connectivity index is 2.07. The molecule has 18 heavy (non-hydrogen) atoms. The Hall–Kier alpha value is -1.29. The van der Waals surface area contributed by atoms with E-state index in [0.29, 0.717) is 30.0 Å². The van der Waals surface area contributed by atoms with Crippen LogP contribution in [-0.2, 0) is 6.54 Å². The molecular weight excluding hydrogens is 228 g/mol. The normalized spacial score (nSPS) is 23.9. The molecule has 1 saturated carbocycles. The topological polar surface area (TPSA) is 59.5 Å². The van der Waals surface area contributed by atoms with Gasteiger partial charge in [0, 0.05) is 13.1 Å². The minimum atomic E-state index is -0.0338. The van der Waals surface area contributed by atoms with Crippen LogP contribution in [0.15, 0.2) is 16.5 Å². The number of hydrogen-bond acceptors (Lipinski definition) is 3. The van der Waals surface area contributed by atoms with Gasteiger partial charge in [0.1, 0.15) is 5.76 Å². The number of carbonyl (C=O) groups is 1. The lowest BCUT2D eigenvalue weighted by Gasteiger charge is -2.35. The van der Waals surface area contributed by atoms with Crippen molar-refractivity contribution in [1.82, 2.24) is 4.90 Å². The average Bonchev–Trinajstić information content (AvgIpc) is 2.86. The van der Waals surface area contributed by atoms with Crippen LogP contribution >= 0.6 is 0 Å². The van der Waals surface area contributed by atoms with E-state index >= 15 is 0 Å². The SMILES string of the molecule is CC1CCCCC1N(C)C(=O)c1ccc(CN)o1. The molecule has 0 radical (unpaired) electrons. The first-order valence-corrected chi connectivity index (χ1v) is 6.69. The number of rotatable bonds is 3. The predicted octanol–water partition coefficient (Wildman–Crippen LogP) is 2.39. The van der Waals surface area contributed by atoms with Gasteiger partial charge in [0.05, 0.1) is 6.54 Å². The maximum Gasteiger partial charge on any atom is 0.289 e. The van der Waals surface area contributed by atoms with Crippen LogP contribution in [0.4, 0.5) is 0 Å². The first-order chi connectivity index (χ1) is 8.63. The summed E-state index contributed by atoms with van der Waals surface area (Å²) in [4.78, 5) is 14.1. The molecule has 0 saturated heterocycles. The van der Waals surface area contributed by atoms with Crippen molar-refractivity contribution in [2.24, 2.45) is 11.7 Å². The highest BCUT2D eigenvalue weighted by Gasteiger charge is 2.29. The van der Waals surface area contributed by atoms with Crippen LogP contribution in [0.1, 0.15) is 48.9 Å². The van der Waals surface area contributed by atoms with Crippen molar-refractivity contribution in [2.45, 2.75) is 45.2 Å². The molecule has 1 aliphatic carbocycles. The van der Waals surface area contributed by atoms with Crippen LogP contribution in [-0.4, -0.2) is 23.9 Å². The van der Waals surface area contributed by atoms with Crippen molar-refractivity contribution in [1.29, 1.82) is 0 Å². The van der Waals surface area contributed by atoms with Crippen LogP contribution in [0.5, 0.6) is 0 Å². The van der Waals surface area contributed by atoms with E-state index in [2.05, 4.69) is 6.92 Å². The zero-order valence-electron chi connectivity index (χ0n) is 11.2. The van der Waals surface area contributed by atoms with E-state index in [4.69, 9.17) is 10.2 Å². The van der Waals surface area contributed by atoms with Crippen LogP contribution in [0.3, 0.4) is 0 Å². The van der Waals surface area contributed by atoms with Crippen molar-refractivity contribution in [2.75, 3.05) is 7.05 Å². The molecule has 1 aromatic rings. The molecule has 0 spiro atoms.